The minimum Gasteiger partial charge on any atom is -0.456 e. The number of ether oxygens (including phenoxy) is 1. The highest BCUT2D eigenvalue weighted by atomic mass is 32.1. The van der Waals surface area contributed by atoms with Gasteiger partial charge in [-0.05, 0) is 35.7 Å². The van der Waals surface area contributed by atoms with Crippen molar-refractivity contribution in [2.24, 2.45) is 0 Å². The van der Waals surface area contributed by atoms with Crippen molar-refractivity contribution >= 4 is 28.9 Å². The number of rotatable bonds is 7. The standard InChI is InChI=1S/C17H14FN3O4S/c18-12-1-3-13(4-2-12)19-14(22)9-24-16(23)6-5-15-20-17(21-25-15)11-7-8-26-10-11/h1-4,7-8,10H,5-6,9H2,(H,19,22). The molecule has 26 heavy (non-hydrogen) atoms. The summed E-state index contributed by atoms with van der Waals surface area (Å²) in [6, 6.07) is 7.13. The number of benzene rings is 1. The fourth-order valence-electron chi connectivity index (χ4n) is 2.02. The van der Waals surface area contributed by atoms with Gasteiger partial charge in [-0.15, -0.1) is 0 Å². The normalized spacial score (nSPS) is 10.5. The molecule has 0 saturated heterocycles. The fourth-order valence-corrected chi connectivity index (χ4v) is 2.66. The Kier molecular flexibility index (Phi) is 5.69. The predicted molar refractivity (Wildman–Crippen MR) is 91.9 cm³/mol. The molecule has 2 heterocycles. The molecule has 0 aliphatic heterocycles. The minimum atomic E-state index is -0.561. The lowest BCUT2D eigenvalue weighted by molar-refractivity contribution is -0.147. The number of carbonyl (C=O) groups excluding carboxylic acids is 2. The molecule has 3 rings (SSSR count). The van der Waals surface area contributed by atoms with Gasteiger partial charge in [-0.1, -0.05) is 5.16 Å². The van der Waals surface area contributed by atoms with Crippen LogP contribution < -0.4 is 5.32 Å². The molecule has 0 saturated carbocycles. The lowest BCUT2D eigenvalue weighted by Crippen LogP contribution is -2.21. The van der Waals surface area contributed by atoms with Crippen molar-refractivity contribution in [3.05, 3.63) is 52.8 Å². The number of halogens is 1. The van der Waals surface area contributed by atoms with Crippen LogP contribution in [0.15, 0.2) is 45.6 Å². The Morgan fingerprint density at radius 2 is 2.04 bits per heavy atom. The van der Waals surface area contributed by atoms with Gasteiger partial charge in [0.15, 0.2) is 6.61 Å². The Morgan fingerprint density at radius 3 is 2.77 bits per heavy atom. The largest absolute Gasteiger partial charge is 0.456 e. The molecule has 0 aliphatic rings. The van der Waals surface area contributed by atoms with E-state index in [4.69, 9.17) is 9.26 Å². The van der Waals surface area contributed by atoms with Crippen molar-refractivity contribution in [2.75, 3.05) is 11.9 Å². The van der Waals surface area contributed by atoms with E-state index in [1.54, 1.807) is 0 Å². The molecule has 0 radical (unpaired) electrons. The third kappa shape index (κ3) is 4.96. The van der Waals surface area contributed by atoms with Crippen LogP contribution >= 0.6 is 11.3 Å². The SMILES string of the molecule is O=C(COC(=O)CCc1nc(-c2ccsc2)no1)Nc1ccc(F)cc1. The number of carbonyl (C=O) groups is 2. The number of anilines is 1. The summed E-state index contributed by atoms with van der Waals surface area (Å²) in [5.41, 5.74) is 1.27. The first-order valence-electron chi connectivity index (χ1n) is 7.66. The summed E-state index contributed by atoms with van der Waals surface area (Å²) in [6.07, 6.45) is 0.227. The molecular formula is C17H14FN3O4S. The van der Waals surface area contributed by atoms with Crippen LogP contribution in [-0.4, -0.2) is 28.6 Å². The van der Waals surface area contributed by atoms with Gasteiger partial charge in [-0.2, -0.15) is 16.3 Å². The fraction of sp³-hybridized carbons (Fsp3) is 0.176. The van der Waals surface area contributed by atoms with Crippen LogP contribution in [-0.2, 0) is 20.7 Å². The zero-order valence-electron chi connectivity index (χ0n) is 13.5. The molecule has 0 aliphatic carbocycles. The number of esters is 1. The number of aromatic nitrogens is 2. The van der Waals surface area contributed by atoms with Gasteiger partial charge in [0.1, 0.15) is 5.82 Å². The minimum absolute atomic E-state index is 0.00903. The van der Waals surface area contributed by atoms with E-state index in [9.17, 15) is 14.0 Å². The molecule has 1 amide bonds. The average molecular weight is 375 g/mol. The van der Waals surface area contributed by atoms with Gasteiger partial charge in [0.2, 0.25) is 11.7 Å². The van der Waals surface area contributed by atoms with Crippen molar-refractivity contribution < 1.29 is 23.2 Å². The zero-order valence-corrected chi connectivity index (χ0v) is 14.3. The number of nitrogens with one attached hydrogen (secondary N) is 1. The Labute approximate surface area is 151 Å². The second-order valence-electron chi connectivity index (χ2n) is 5.24. The molecule has 0 spiro atoms. The van der Waals surface area contributed by atoms with Crippen molar-refractivity contribution in [3.8, 4) is 11.4 Å². The van der Waals surface area contributed by atoms with Crippen LogP contribution in [0.2, 0.25) is 0 Å². The maximum absolute atomic E-state index is 12.8. The predicted octanol–water partition coefficient (Wildman–Crippen LogP) is 3.05. The first-order chi connectivity index (χ1) is 12.6. The van der Waals surface area contributed by atoms with Crippen LogP contribution in [0.4, 0.5) is 10.1 Å². The summed E-state index contributed by atoms with van der Waals surface area (Å²) in [5, 5.41) is 10.1. The molecule has 3 aromatic rings. The van der Waals surface area contributed by atoms with Crippen molar-refractivity contribution in [3.63, 3.8) is 0 Å². The van der Waals surface area contributed by atoms with E-state index in [-0.39, 0.29) is 12.8 Å². The molecule has 1 N–H and O–H groups in total. The highest BCUT2D eigenvalue weighted by Crippen LogP contribution is 2.19. The van der Waals surface area contributed by atoms with E-state index in [1.807, 2.05) is 16.8 Å². The summed E-state index contributed by atoms with van der Waals surface area (Å²) in [7, 11) is 0. The third-order valence-corrected chi connectivity index (χ3v) is 3.97. The van der Waals surface area contributed by atoms with Gasteiger partial charge >= 0.3 is 5.97 Å². The summed E-state index contributed by atoms with van der Waals surface area (Å²) in [5.74, 6) is -0.693. The first kappa shape index (κ1) is 17.7. The van der Waals surface area contributed by atoms with Gasteiger partial charge in [-0.3, -0.25) is 9.59 Å². The van der Waals surface area contributed by atoms with Crippen LogP contribution in [0.25, 0.3) is 11.4 Å². The monoisotopic (exact) mass is 375 g/mol. The second-order valence-corrected chi connectivity index (χ2v) is 6.02. The molecule has 0 unspecified atom stereocenters. The average Bonchev–Trinajstić information content (AvgIpc) is 3.31. The van der Waals surface area contributed by atoms with Gasteiger partial charge in [0.25, 0.3) is 5.91 Å². The van der Waals surface area contributed by atoms with Crippen LogP contribution in [0.5, 0.6) is 0 Å². The quantitative estimate of drug-likeness (QED) is 0.638. The third-order valence-electron chi connectivity index (χ3n) is 3.28. The molecule has 134 valence electrons. The first-order valence-corrected chi connectivity index (χ1v) is 8.60. The van der Waals surface area contributed by atoms with Crippen molar-refractivity contribution in [1.29, 1.82) is 0 Å². The highest BCUT2D eigenvalue weighted by molar-refractivity contribution is 7.08. The van der Waals surface area contributed by atoms with E-state index in [0.29, 0.717) is 17.4 Å². The van der Waals surface area contributed by atoms with Gasteiger partial charge in [-0.25, -0.2) is 4.39 Å². The van der Waals surface area contributed by atoms with E-state index < -0.39 is 24.3 Å². The van der Waals surface area contributed by atoms with E-state index in [1.165, 1.54) is 35.6 Å². The topological polar surface area (TPSA) is 94.3 Å². The molecule has 2 aromatic heterocycles. The highest BCUT2D eigenvalue weighted by Gasteiger charge is 2.13. The van der Waals surface area contributed by atoms with E-state index in [0.717, 1.165) is 5.56 Å². The zero-order chi connectivity index (χ0) is 18.4. The van der Waals surface area contributed by atoms with Crippen molar-refractivity contribution in [1.82, 2.24) is 10.1 Å². The van der Waals surface area contributed by atoms with Crippen molar-refractivity contribution in [2.45, 2.75) is 12.8 Å². The molecule has 0 atom stereocenters. The Bertz CT molecular complexity index is 878. The Morgan fingerprint density at radius 1 is 1.23 bits per heavy atom. The van der Waals surface area contributed by atoms with E-state index in [2.05, 4.69) is 15.5 Å². The summed E-state index contributed by atoms with van der Waals surface area (Å²) < 4.78 is 22.8. The van der Waals surface area contributed by atoms with Crippen LogP contribution in [0.3, 0.4) is 0 Å². The number of thiophene rings is 1. The maximum atomic E-state index is 12.8. The lowest BCUT2D eigenvalue weighted by Gasteiger charge is -2.06. The molecule has 7 nitrogen and oxygen atoms in total. The number of nitrogens with zero attached hydrogens (tertiary/aromatic N) is 2. The molecule has 0 fully saturated rings. The molecule has 0 bridgehead atoms. The maximum Gasteiger partial charge on any atom is 0.306 e. The Hall–Kier alpha value is -3.07. The Balaban J connectivity index is 1.40. The summed E-state index contributed by atoms with van der Waals surface area (Å²) in [4.78, 5) is 27.6. The number of amides is 1. The number of aryl methyl sites for hydroxylation is 1. The van der Waals surface area contributed by atoms with Gasteiger partial charge < -0.3 is 14.6 Å². The van der Waals surface area contributed by atoms with Gasteiger partial charge in [0, 0.05) is 23.1 Å². The second kappa shape index (κ2) is 8.34. The number of hydrogen-bond acceptors (Lipinski definition) is 7. The smallest absolute Gasteiger partial charge is 0.306 e. The molecule has 9 heteroatoms. The summed E-state index contributed by atoms with van der Waals surface area (Å²) in [6.45, 7) is -0.430. The van der Waals surface area contributed by atoms with Gasteiger partial charge in [0.05, 0.1) is 6.42 Å². The van der Waals surface area contributed by atoms with E-state index >= 15 is 0 Å². The molecular weight excluding hydrogens is 361 g/mol. The molecule has 1 aromatic carbocycles. The number of hydrogen-bond donors (Lipinski definition) is 1. The van der Waals surface area contributed by atoms with Crippen LogP contribution in [0.1, 0.15) is 12.3 Å². The lowest BCUT2D eigenvalue weighted by atomic mass is 10.3. The van der Waals surface area contributed by atoms with Crippen LogP contribution in [0, 0.1) is 5.82 Å². The summed E-state index contributed by atoms with van der Waals surface area (Å²) >= 11 is 1.52.